The number of hydrogen-bond acceptors (Lipinski definition) is 4. The number of halogens is 1. The number of nitrogens with one attached hydrogen (secondary N) is 1. The molecule has 0 aliphatic carbocycles. The molecule has 26 heavy (non-hydrogen) atoms. The van der Waals surface area contributed by atoms with Crippen LogP contribution >= 0.6 is 35.6 Å². The van der Waals surface area contributed by atoms with Crippen molar-refractivity contribution < 1.29 is 14.6 Å². The third-order valence-electron chi connectivity index (χ3n) is 4.53. The Hall–Kier alpha value is -1.76. The number of benzene rings is 2. The van der Waals surface area contributed by atoms with Crippen molar-refractivity contribution in [1.82, 2.24) is 0 Å². The molecule has 0 radical (unpaired) electrons. The van der Waals surface area contributed by atoms with Crippen LogP contribution in [0.1, 0.15) is 28.4 Å². The molecule has 2 aliphatic heterocycles. The smallest absolute Gasteiger partial charge is 0.304 e. The van der Waals surface area contributed by atoms with Gasteiger partial charge in [-0.3, -0.25) is 4.79 Å². The average molecular weight is 406 g/mol. The molecule has 4 rings (SSSR count). The van der Waals surface area contributed by atoms with Crippen molar-refractivity contribution in [2.45, 2.75) is 23.3 Å². The highest BCUT2D eigenvalue weighted by Gasteiger charge is 2.33. The van der Waals surface area contributed by atoms with E-state index in [9.17, 15) is 9.90 Å². The van der Waals surface area contributed by atoms with Crippen molar-refractivity contribution in [1.29, 1.82) is 0 Å². The lowest BCUT2D eigenvalue weighted by Crippen LogP contribution is -2.24. The van der Waals surface area contributed by atoms with Crippen molar-refractivity contribution in [3.05, 3.63) is 58.1 Å². The molecule has 0 unspecified atom stereocenters. The largest absolute Gasteiger partial charge is 0.493 e. The van der Waals surface area contributed by atoms with Gasteiger partial charge in [0.05, 0.1) is 28.5 Å². The molecular weight excluding hydrogens is 390 g/mol. The van der Waals surface area contributed by atoms with Gasteiger partial charge in [-0.25, -0.2) is 0 Å². The molecule has 0 saturated carbocycles. The summed E-state index contributed by atoms with van der Waals surface area (Å²) in [7, 11) is 0. The van der Waals surface area contributed by atoms with Crippen molar-refractivity contribution in [3.63, 3.8) is 0 Å². The van der Waals surface area contributed by atoms with E-state index in [2.05, 4.69) is 11.4 Å². The maximum Gasteiger partial charge on any atom is 0.304 e. The summed E-state index contributed by atoms with van der Waals surface area (Å²) in [5, 5.41) is 12.7. The topological polar surface area (TPSA) is 58.6 Å². The number of carbonyl (C=O) groups is 1. The second-order valence-corrected chi connectivity index (χ2v) is 8.45. The molecule has 2 N–H and O–H groups in total. The summed E-state index contributed by atoms with van der Waals surface area (Å²) in [6, 6.07) is 11.8. The number of carboxylic acids is 1. The Bertz CT molecular complexity index is 902. The summed E-state index contributed by atoms with van der Waals surface area (Å²) in [5.74, 6) is 0.0294. The average Bonchev–Trinajstić information content (AvgIpc) is 3.04. The van der Waals surface area contributed by atoms with Crippen molar-refractivity contribution in [2.24, 2.45) is 0 Å². The van der Waals surface area contributed by atoms with Crippen LogP contribution in [0.4, 0.5) is 5.69 Å². The molecule has 7 heteroatoms. The van der Waals surface area contributed by atoms with Gasteiger partial charge in [-0.15, -0.1) is 11.8 Å². The molecule has 4 nitrogen and oxygen atoms in total. The quantitative estimate of drug-likeness (QED) is 0.722. The van der Waals surface area contributed by atoms with Crippen LogP contribution in [0.15, 0.2) is 36.4 Å². The van der Waals surface area contributed by atoms with Crippen LogP contribution in [0.2, 0.25) is 5.02 Å². The molecule has 0 spiro atoms. The number of hydrogen-bond donors (Lipinski definition) is 2. The van der Waals surface area contributed by atoms with E-state index in [0.717, 1.165) is 29.0 Å². The summed E-state index contributed by atoms with van der Waals surface area (Å²) in [6.45, 7) is 0.668. The first kappa shape index (κ1) is 17.6. The fraction of sp³-hybridized carbons (Fsp3) is 0.263. The molecule has 2 aliphatic rings. The van der Waals surface area contributed by atoms with Crippen molar-refractivity contribution in [3.8, 4) is 5.75 Å². The first-order valence-corrected chi connectivity index (χ1v) is 9.98. The minimum Gasteiger partial charge on any atom is -0.493 e. The number of aliphatic carboxylic acids is 1. The Morgan fingerprint density at radius 2 is 2.19 bits per heavy atom. The second-order valence-electron chi connectivity index (χ2n) is 6.26. The molecule has 134 valence electrons. The van der Waals surface area contributed by atoms with Crippen LogP contribution in [-0.2, 0) is 11.2 Å². The zero-order valence-electron chi connectivity index (χ0n) is 13.7. The van der Waals surface area contributed by atoms with E-state index in [0.29, 0.717) is 16.6 Å². The summed E-state index contributed by atoms with van der Waals surface area (Å²) in [4.78, 5) is 11.9. The highest BCUT2D eigenvalue weighted by Crippen LogP contribution is 2.49. The standard InChI is InChI=1S/C19H16ClNO3S2/c20-11-4-5-14-13(8-11)18(26-15(9-16(22)23)19(25)21-14)12-3-1-2-10-6-7-24-17(10)12/h1-5,8,15,18H,6-7,9H2,(H,21,25)(H,22,23)/t15-,18-/m1/s1. The summed E-state index contributed by atoms with van der Waals surface area (Å²) in [6.07, 6.45) is 0.850. The van der Waals surface area contributed by atoms with Crippen LogP contribution in [0.5, 0.6) is 5.75 Å². The number of thiocarbonyl (C=S) groups is 1. The van der Waals surface area contributed by atoms with Gasteiger partial charge in [0.1, 0.15) is 5.75 Å². The van der Waals surface area contributed by atoms with E-state index < -0.39 is 5.97 Å². The van der Waals surface area contributed by atoms with Crippen LogP contribution in [-0.4, -0.2) is 27.9 Å². The number of rotatable bonds is 3. The first-order chi connectivity index (χ1) is 12.5. The molecule has 0 amide bonds. The Morgan fingerprint density at radius 3 is 3.00 bits per heavy atom. The third kappa shape index (κ3) is 3.29. The van der Waals surface area contributed by atoms with Gasteiger partial charge >= 0.3 is 5.97 Å². The van der Waals surface area contributed by atoms with Gasteiger partial charge in [-0.1, -0.05) is 42.0 Å². The second kappa shape index (κ2) is 7.10. The Balaban J connectivity index is 1.85. The monoisotopic (exact) mass is 405 g/mol. The molecule has 2 heterocycles. The molecular formula is C19H16ClNO3S2. The first-order valence-electron chi connectivity index (χ1n) is 8.25. The van der Waals surface area contributed by atoms with Gasteiger partial charge in [0, 0.05) is 22.7 Å². The fourth-order valence-electron chi connectivity index (χ4n) is 3.36. The number of fused-ring (bicyclic) bond motifs is 2. The minimum atomic E-state index is -0.871. The van der Waals surface area contributed by atoms with E-state index in [1.54, 1.807) is 6.07 Å². The number of thioether (sulfide) groups is 1. The Labute approximate surface area is 165 Å². The molecule has 0 bridgehead atoms. The highest BCUT2D eigenvalue weighted by molar-refractivity contribution is 8.02. The predicted molar refractivity (Wildman–Crippen MR) is 109 cm³/mol. The molecule has 0 saturated heterocycles. The van der Waals surface area contributed by atoms with E-state index in [1.165, 1.54) is 17.3 Å². The molecule has 2 atom stereocenters. The van der Waals surface area contributed by atoms with E-state index >= 15 is 0 Å². The third-order valence-corrected chi connectivity index (χ3v) is 6.82. The molecule has 2 aromatic rings. The Kier molecular flexibility index (Phi) is 4.82. The number of para-hydroxylation sites is 1. The lowest BCUT2D eigenvalue weighted by atomic mass is 9.99. The summed E-state index contributed by atoms with van der Waals surface area (Å²) < 4.78 is 5.90. The van der Waals surface area contributed by atoms with Gasteiger partial charge in [-0.05, 0) is 29.3 Å². The highest BCUT2D eigenvalue weighted by atomic mass is 35.5. The summed E-state index contributed by atoms with van der Waals surface area (Å²) >= 11 is 13.3. The maximum absolute atomic E-state index is 11.3. The molecule has 2 aromatic carbocycles. The van der Waals surface area contributed by atoms with Crippen LogP contribution in [0, 0.1) is 0 Å². The van der Waals surface area contributed by atoms with Crippen LogP contribution in [0.25, 0.3) is 0 Å². The van der Waals surface area contributed by atoms with Gasteiger partial charge in [0.15, 0.2) is 0 Å². The SMILES string of the molecule is O=C(O)C[C@H]1S[C@H](c2cccc3c2OCC3)c2cc(Cl)ccc2NC1=S. The molecule has 0 fully saturated rings. The van der Waals surface area contributed by atoms with Gasteiger partial charge in [0.2, 0.25) is 0 Å². The van der Waals surface area contributed by atoms with Crippen LogP contribution in [0.3, 0.4) is 0 Å². The van der Waals surface area contributed by atoms with E-state index in [4.69, 9.17) is 28.6 Å². The maximum atomic E-state index is 11.3. The lowest BCUT2D eigenvalue weighted by Gasteiger charge is -2.22. The predicted octanol–water partition coefficient (Wildman–Crippen LogP) is 4.69. The Morgan fingerprint density at radius 1 is 1.35 bits per heavy atom. The summed E-state index contributed by atoms with van der Waals surface area (Å²) in [5.41, 5.74) is 4.07. The van der Waals surface area contributed by atoms with Crippen molar-refractivity contribution >= 4 is 52.2 Å². The zero-order chi connectivity index (χ0) is 18.3. The van der Waals surface area contributed by atoms with Gasteiger partial charge < -0.3 is 15.2 Å². The zero-order valence-corrected chi connectivity index (χ0v) is 16.1. The van der Waals surface area contributed by atoms with Crippen LogP contribution < -0.4 is 10.1 Å². The normalized spacial score (nSPS) is 21.2. The molecule has 0 aromatic heterocycles. The minimum absolute atomic E-state index is 0.0371. The fourth-order valence-corrected chi connectivity index (χ4v) is 5.33. The number of anilines is 1. The number of carboxylic acid groups (broad SMARTS) is 1. The van der Waals surface area contributed by atoms with Gasteiger partial charge in [-0.2, -0.15) is 0 Å². The van der Waals surface area contributed by atoms with Crippen molar-refractivity contribution in [2.75, 3.05) is 11.9 Å². The van der Waals surface area contributed by atoms with E-state index in [-0.39, 0.29) is 16.9 Å². The lowest BCUT2D eigenvalue weighted by molar-refractivity contribution is -0.136. The number of ether oxygens (including phenoxy) is 1. The van der Waals surface area contributed by atoms with E-state index in [1.807, 2.05) is 24.3 Å². The van der Waals surface area contributed by atoms with Gasteiger partial charge in [0.25, 0.3) is 0 Å².